The maximum atomic E-state index is 13.2. The molecule has 1 amide bonds. The van der Waals surface area contributed by atoms with Crippen LogP contribution in [0.3, 0.4) is 0 Å². The van der Waals surface area contributed by atoms with E-state index >= 15 is 0 Å². The Labute approximate surface area is 191 Å². The zero-order chi connectivity index (χ0) is 24.3. The second-order valence-corrected chi connectivity index (χ2v) is 7.30. The zero-order valence-electron chi connectivity index (χ0n) is 17.8. The smallest absolute Gasteiger partial charge is 0.491 e. The summed E-state index contributed by atoms with van der Waals surface area (Å²) in [5.74, 6) is -1.14. The highest BCUT2D eigenvalue weighted by Gasteiger charge is 2.43. The fourth-order valence-electron chi connectivity index (χ4n) is 3.70. The van der Waals surface area contributed by atoms with E-state index in [9.17, 15) is 22.8 Å². The van der Waals surface area contributed by atoms with E-state index in [1.54, 1.807) is 12.1 Å². The van der Waals surface area contributed by atoms with Crippen LogP contribution in [-0.4, -0.2) is 41.9 Å². The Hall–Kier alpha value is -4.15. The van der Waals surface area contributed by atoms with E-state index in [0.717, 1.165) is 12.1 Å². The first-order valence-electron chi connectivity index (χ1n) is 10.0. The number of esters is 1. The van der Waals surface area contributed by atoms with Crippen LogP contribution in [-0.2, 0) is 10.3 Å². The number of amides is 1. The summed E-state index contributed by atoms with van der Waals surface area (Å²) in [5, 5.41) is 2.93. The molecule has 0 saturated heterocycles. The maximum absolute atomic E-state index is 13.2. The van der Waals surface area contributed by atoms with Crippen molar-refractivity contribution in [3.63, 3.8) is 0 Å². The van der Waals surface area contributed by atoms with E-state index in [1.165, 1.54) is 43.8 Å². The van der Waals surface area contributed by atoms with E-state index < -0.39 is 29.5 Å². The van der Waals surface area contributed by atoms with Crippen molar-refractivity contribution in [3.8, 4) is 11.5 Å². The molecular formula is C23H18F3N3O5. The molecule has 0 saturated carbocycles. The summed E-state index contributed by atoms with van der Waals surface area (Å²) in [6.07, 6.45) is -1.84. The number of ether oxygens (including phenoxy) is 3. The molecule has 1 aliphatic rings. The van der Waals surface area contributed by atoms with Gasteiger partial charge in [0.25, 0.3) is 5.91 Å². The van der Waals surface area contributed by atoms with Gasteiger partial charge in [-0.3, -0.25) is 14.8 Å². The van der Waals surface area contributed by atoms with E-state index in [-0.39, 0.29) is 24.3 Å². The topological polar surface area (TPSA) is 99.6 Å². The number of methoxy groups -OCH3 is 1. The number of hydrogen-bond donors (Lipinski definition) is 1. The molecule has 1 aliphatic heterocycles. The number of pyridine rings is 2. The molecule has 176 valence electrons. The summed E-state index contributed by atoms with van der Waals surface area (Å²) in [4.78, 5) is 33.2. The van der Waals surface area contributed by atoms with Gasteiger partial charge < -0.3 is 19.5 Å². The van der Waals surface area contributed by atoms with Gasteiger partial charge in [0.15, 0.2) is 0 Å². The highest BCUT2D eigenvalue weighted by Crippen LogP contribution is 2.41. The van der Waals surface area contributed by atoms with Crippen molar-refractivity contribution >= 4 is 11.9 Å². The summed E-state index contributed by atoms with van der Waals surface area (Å²) < 4.78 is 52.0. The quantitative estimate of drug-likeness (QED) is 0.565. The van der Waals surface area contributed by atoms with Crippen LogP contribution in [0.25, 0.3) is 0 Å². The summed E-state index contributed by atoms with van der Waals surface area (Å²) in [5.41, 5.74) is -0.152. The van der Waals surface area contributed by atoms with Crippen molar-refractivity contribution in [1.82, 2.24) is 15.3 Å². The summed E-state index contributed by atoms with van der Waals surface area (Å²) in [7, 11) is 1.23. The first kappa shape index (κ1) is 23.0. The molecule has 2 aromatic heterocycles. The molecule has 0 bridgehead atoms. The lowest BCUT2D eigenvalue weighted by Gasteiger charge is -2.38. The van der Waals surface area contributed by atoms with Crippen molar-refractivity contribution in [3.05, 3.63) is 83.4 Å². The van der Waals surface area contributed by atoms with E-state index in [1.807, 2.05) is 0 Å². The van der Waals surface area contributed by atoms with Crippen LogP contribution in [0.15, 0.2) is 60.9 Å². The number of benzene rings is 1. The molecule has 4 rings (SSSR count). The fourth-order valence-corrected chi connectivity index (χ4v) is 3.70. The van der Waals surface area contributed by atoms with Crippen LogP contribution in [0.5, 0.6) is 11.5 Å². The minimum Gasteiger partial charge on any atom is -0.491 e. The molecule has 1 atom stereocenters. The molecule has 34 heavy (non-hydrogen) atoms. The third kappa shape index (κ3) is 4.63. The third-order valence-corrected chi connectivity index (χ3v) is 5.23. The largest absolute Gasteiger partial charge is 0.573 e. The number of alkyl halides is 3. The Balaban J connectivity index is 1.72. The van der Waals surface area contributed by atoms with Crippen LogP contribution in [0, 0.1) is 0 Å². The normalized spacial score (nSPS) is 17.2. The van der Waals surface area contributed by atoms with E-state index in [2.05, 4.69) is 24.8 Å². The monoisotopic (exact) mass is 473 g/mol. The molecule has 0 spiro atoms. The number of halogens is 3. The van der Waals surface area contributed by atoms with Gasteiger partial charge in [-0.05, 0) is 42.0 Å². The number of carbonyl (C=O) groups excluding carboxylic acids is 2. The maximum Gasteiger partial charge on any atom is 0.573 e. The number of hydrogen-bond acceptors (Lipinski definition) is 7. The minimum absolute atomic E-state index is 0.0213. The number of rotatable bonds is 5. The molecule has 1 unspecified atom stereocenters. The Morgan fingerprint density at radius 1 is 1.09 bits per heavy atom. The van der Waals surface area contributed by atoms with Crippen LogP contribution >= 0.6 is 0 Å². The predicted octanol–water partition coefficient (Wildman–Crippen LogP) is 3.62. The van der Waals surface area contributed by atoms with Gasteiger partial charge in [-0.15, -0.1) is 13.2 Å². The van der Waals surface area contributed by atoms with Gasteiger partial charge in [0.2, 0.25) is 0 Å². The molecule has 1 N–H and O–H groups in total. The van der Waals surface area contributed by atoms with Crippen molar-refractivity contribution in [1.29, 1.82) is 0 Å². The SMILES string of the molecule is COC(=O)c1ccc(C(=O)NC2(c3ccc(OC(F)(F)F)cc3)CCOc3cccnc32)nc1. The molecule has 0 aliphatic carbocycles. The van der Waals surface area contributed by atoms with Gasteiger partial charge >= 0.3 is 12.3 Å². The van der Waals surface area contributed by atoms with Crippen LogP contribution in [0.2, 0.25) is 0 Å². The standard InChI is InChI=1S/C23H18F3N3O5/c1-32-21(31)14-4-9-17(28-13-14)20(30)29-22(10-12-33-18-3-2-11-27-19(18)22)15-5-7-16(8-6-15)34-23(24,25)26/h2-9,11,13H,10,12H2,1H3,(H,29,30). The number of carbonyl (C=O) groups is 2. The Kier molecular flexibility index (Phi) is 6.10. The van der Waals surface area contributed by atoms with E-state index in [4.69, 9.17) is 4.74 Å². The molecule has 1 aromatic carbocycles. The van der Waals surface area contributed by atoms with Crippen LogP contribution in [0.1, 0.15) is 38.5 Å². The summed E-state index contributed by atoms with van der Waals surface area (Å²) in [6, 6.07) is 11.3. The lowest BCUT2D eigenvalue weighted by molar-refractivity contribution is -0.274. The Morgan fingerprint density at radius 3 is 2.50 bits per heavy atom. The summed E-state index contributed by atoms with van der Waals surface area (Å²) >= 11 is 0. The summed E-state index contributed by atoms with van der Waals surface area (Å²) in [6.45, 7) is 0.217. The first-order chi connectivity index (χ1) is 16.2. The predicted molar refractivity (Wildman–Crippen MR) is 111 cm³/mol. The van der Waals surface area contributed by atoms with Gasteiger partial charge in [0.05, 0.1) is 19.3 Å². The van der Waals surface area contributed by atoms with Gasteiger partial charge in [-0.25, -0.2) is 4.79 Å². The average molecular weight is 473 g/mol. The third-order valence-electron chi connectivity index (χ3n) is 5.23. The lowest BCUT2D eigenvalue weighted by Crippen LogP contribution is -2.50. The molecule has 8 nitrogen and oxygen atoms in total. The van der Waals surface area contributed by atoms with Crippen molar-refractivity contribution in [2.24, 2.45) is 0 Å². The van der Waals surface area contributed by atoms with Gasteiger partial charge in [-0.1, -0.05) is 12.1 Å². The van der Waals surface area contributed by atoms with E-state index in [0.29, 0.717) is 17.0 Å². The second-order valence-electron chi connectivity index (χ2n) is 7.30. The van der Waals surface area contributed by atoms with Crippen LogP contribution in [0.4, 0.5) is 13.2 Å². The van der Waals surface area contributed by atoms with Crippen LogP contribution < -0.4 is 14.8 Å². The zero-order valence-corrected chi connectivity index (χ0v) is 17.8. The molecule has 11 heteroatoms. The number of fused-ring (bicyclic) bond motifs is 1. The highest BCUT2D eigenvalue weighted by molar-refractivity contribution is 5.95. The lowest BCUT2D eigenvalue weighted by atomic mass is 9.81. The molecule has 3 heterocycles. The molecule has 0 radical (unpaired) electrons. The molecular weight excluding hydrogens is 455 g/mol. The van der Waals surface area contributed by atoms with Crippen molar-refractivity contribution < 1.29 is 37.0 Å². The fraction of sp³-hybridized carbons (Fsp3) is 0.217. The van der Waals surface area contributed by atoms with Gasteiger partial charge in [0, 0.05) is 18.8 Å². The van der Waals surface area contributed by atoms with Gasteiger partial charge in [0.1, 0.15) is 28.4 Å². The highest BCUT2D eigenvalue weighted by atomic mass is 19.4. The second kappa shape index (κ2) is 9.00. The molecule has 0 fully saturated rings. The Bertz CT molecular complexity index is 1200. The van der Waals surface area contributed by atoms with Crippen molar-refractivity contribution in [2.45, 2.75) is 18.3 Å². The Morgan fingerprint density at radius 2 is 1.85 bits per heavy atom. The van der Waals surface area contributed by atoms with Crippen molar-refractivity contribution in [2.75, 3.05) is 13.7 Å². The first-order valence-corrected chi connectivity index (χ1v) is 10.0. The van der Waals surface area contributed by atoms with Gasteiger partial charge in [-0.2, -0.15) is 0 Å². The molecule has 3 aromatic rings. The minimum atomic E-state index is -4.83. The average Bonchev–Trinajstić information content (AvgIpc) is 2.83. The number of nitrogens with zero attached hydrogens (tertiary/aromatic N) is 2. The number of nitrogens with one attached hydrogen (secondary N) is 1. The number of aromatic nitrogens is 2.